The van der Waals surface area contributed by atoms with Gasteiger partial charge in [0, 0.05) is 35.9 Å². The largest absolute Gasteiger partial charge is 0.457 e. The van der Waals surface area contributed by atoms with Crippen molar-refractivity contribution in [1.29, 1.82) is 5.26 Å². The van der Waals surface area contributed by atoms with Gasteiger partial charge in [0.05, 0.1) is 25.6 Å². The molecule has 0 bridgehead atoms. The Morgan fingerprint density at radius 3 is 2.19 bits per heavy atom. The fraction of sp³-hybridized carbons (Fsp3) is 0. The van der Waals surface area contributed by atoms with Crippen LogP contribution in [0.4, 0.5) is 17.1 Å². The zero-order valence-corrected chi connectivity index (χ0v) is 17.3. The third kappa shape index (κ3) is 4.92. The number of carbonyl (C=O) groups is 1. The van der Waals surface area contributed by atoms with Gasteiger partial charge in [-0.1, -0.05) is 23.2 Å². The maximum atomic E-state index is 12.4. The third-order valence-electron chi connectivity index (χ3n) is 4.12. The number of hydrogen-bond acceptors (Lipinski definition) is 7. The van der Waals surface area contributed by atoms with E-state index in [4.69, 9.17) is 27.6 Å². The molecule has 160 valence electrons. The first kappa shape index (κ1) is 22.5. The molecule has 10 nitrogen and oxygen atoms in total. The van der Waals surface area contributed by atoms with Crippen molar-refractivity contribution in [1.82, 2.24) is 0 Å². The van der Waals surface area contributed by atoms with E-state index >= 15 is 0 Å². The van der Waals surface area contributed by atoms with Gasteiger partial charge in [0.25, 0.3) is 17.3 Å². The van der Waals surface area contributed by atoms with Crippen molar-refractivity contribution in [2.75, 3.05) is 5.32 Å². The highest BCUT2D eigenvalue weighted by atomic mass is 35.5. The molecular formula is C20H10Cl2N4O6. The van der Waals surface area contributed by atoms with Crippen LogP contribution in [-0.2, 0) is 4.79 Å². The van der Waals surface area contributed by atoms with Gasteiger partial charge in [-0.2, -0.15) is 5.26 Å². The average Bonchev–Trinajstić information content (AvgIpc) is 3.21. The molecule has 0 saturated heterocycles. The smallest absolute Gasteiger partial charge is 0.271 e. The summed E-state index contributed by atoms with van der Waals surface area (Å²) in [4.78, 5) is 32.8. The predicted molar refractivity (Wildman–Crippen MR) is 116 cm³/mol. The summed E-state index contributed by atoms with van der Waals surface area (Å²) in [5.41, 5.74) is -0.287. The zero-order valence-electron chi connectivity index (χ0n) is 15.7. The topological polar surface area (TPSA) is 152 Å². The number of carbonyl (C=O) groups excluding carboxylic acids is 1. The van der Waals surface area contributed by atoms with Crippen LogP contribution >= 0.6 is 23.2 Å². The first-order valence-electron chi connectivity index (χ1n) is 8.61. The van der Waals surface area contributed by atoms with E-state index in [0.717, 1.165) is 12.1 Å². The molecule has 0 aliphatic carbocycles. The summed E-state index contributed by atoms with van der Waals surface area (Å²) in [5, 5.41) is 33.4. The number of nitrogens with zero attached hydrogens (tertiary/aromatic N) is 3. The number of rotatable bonds is 6. The molecule has 0 atom stereocenters. The Morgan fingerprint density at radius 1 is 1.00 bits per heavy atom. The lowest BCUT2D eigenvalue weighted by molar-refractivity contribution is -0.385. The van der Waals surface area contributed by atoms with Gasteiger partial charge in [0.1, 0.15) is 23.2 Å². The zero-order chi connectivity index (χ0) is 23.4. The third-order valence-corrected chi connectivity index (χ3v) is 4.74. The van der Waals surface area contributed by atoms with Crippen molar-refractivity contribution >= 4 is 52.2 Å². The molecule has 0 aliphatic heterocycles. The highest BCUT2D eigenvalue weighted by Crippen LogP contribution is 2.33. The molecule has 1 heterocycles. The van der Waals surface area contributed by atoms with Crippen LogP contribution in [0.15, 0.2) is 58.5 Å². The van der Waals surface area contributed by atoms with Crippen LogP contribution in [-0.4, -0.2) is 15.8 Å². The maximum Gasteiger partial charge on any atom is 0.271 e. The molecule has 0 aliphatic rings. The molecule has 0 unspecified atom stereocenters. The van der Waals surface area contributed by atoms with Crippen LogP contribution in [0.1, 0.15) is 5.76 Å². The van der Waals surface area contributed by atoms with E-state index < -0.39 is 15.8 Å². The van der Waals surface area contributed by atoms with Gasteiger partial charge in [-0.05, 0) is 24.3 Å². The Labute approximate surface area is 189 Å². The molecule has 3 aromatic rings. The molecule has 0 radical (unpaired) electrons. The van der Waals surface area contributed by atoms with Gasteiger partial charge in [-0.25, -0.2) is 0 Å². The molecule has 2 aromatic carbocycles. The minimum Gasteiger partial charge on any atom is -0.457 e. The molecule has 32 heavy (non-hydrogen) atoms. The number of nitriles is 1. The summed E-state index contributed by atoms with van der Waals surface area (Å²) in [6.45, 7) is 0. The number of anilines is 1. The van der Waals surface area contributed by atoms with Crippen LogP contribution in [0.3, 0.4) is 0 Å². The van der Waals surface area contributed by atoms with Gasteiger partial charge in [0.2, 0.25) is 0 Å². The van der Waals surface area contributed by atoms with Crippen molar-refractivity contribution in [3.63, 3.8) is 0 Å². The van der Waals surface area contributed by atoms with Crippen molar-refractivity contribution < 1.29 is 19.1 Å². The predicted octanol–water partition coefficient (Wildman–Crippen LogP) is 5.62. The number of furan rings is 1. The lowest BCUT2D eigenvalue weighted by atomic mass is 10.1. The first-order chi connectivity index (χ1) is 15.2. The number of nitro groups is 2. The normalized spacial score (nSPS) is 11.0. The molecule has 1 aromatic heterocycles. The second-order valence-corrected chi connectivity index (χ2v) is 6.98. The lowest BCUT2D eigenvalue weighted by Gasteiger charge is -2.06. The van der Waals surface area contributed by atoms with Crippen LogP contribution < -0.4 is 5.32 Å². The maximum absolute atomic E-state index is 12.4. The molecule has 12 heteroatoms. The highest BCUT2D eigenvalue weighted by Gasteiger charge is 2.16. The van der Waals surface area contributed by atoms with Gasteiger partial charge >= 0.3 is 0 Å². The lowest BCUT2D eigenvalue weighted by Crippen LogP contribution is -2.13. The summed E-state index contributed by atoms with van der Waals surface area (Å²) in [5.74, 6) is -0.391. The monoisotopic (exact) mass is 472 g/mol. The highest BCUT2D eigenvalue weighted by molar-refractivity contribution is 6.34. The summed E-state index contributed by atoms with van der Waals surface area (Å²) >= 11 is 12.0. The summed E-state index contributed by atoms with van der Waals surface area (Å²) in [7, 11) is 0. The van der Waals surface area contributed by atoms with Crippen LogP contribution in [0.25, 0.3) is 17.4 Å². The number of nitro benzene ring substituents is 2. The number of non-ortho nitro benzene ring substituents is 2. The van der Waals surface area contributed by atoms with E-state index in [-0.39, 0.29) is 44.2 Å². The number of nitrogens with one attached hydrogen (secondary N) is 1. The van der Waals surface area contributed by atoms with Gasteiger partial charge < -0.3 is 9.73 Å². The van der Waals surface area contributed by atoms with Crippen molar-refractivity contribution in [3.8, 4) is 17.4 Å². The molecule has 1 amide bonds. The molecule has 3 rings (SSSR count). The first-order valence-corrected chi connectivity index (χ1v) is 9.36. The van der Waals surface area contributed by atoms with E-state index in [1.165, 1.54) is 42.5 Å². The fourth-order valence-electron chi connectivity index (χ4n) is 2.59. The second-order valence-electron chi connectivity index (χ2n) is 6.17. The Morgan fingerprint density at radius 2 is 1.62 bits per heavy atom. The number of amides is 1. The average molecular weight is 473 g/mol. The van der Waals surface area contributed by atoms with Crippen LogP contribution in [0, 0.1) is 31.6 Å². The minimum absolute atomic E-state index is 0.0714. The van der Waals surface area contributed by atoms with E-state index in [1.54, 1.807) is 6.07 Å². The van der Waals surface area contributed by atoms with Gasteiger partial charge in [-0.3, -0.25) is 25.0 Å². The molecule has 0 spiro atoms. The standard InChI is InChI=1S/C20H10Cl2N4O6/c21-16-8-12(25(28)29)1-4-15(16)19-6-3-14(32-19)7-11(10-23)20(27)24-18-5-2-13(26(30)31)9-17(18)22/h1-9H,(H,24,27). The van der Waals surface area contributed by atoms with E-state index in [0.29, 0.717) is 5.56 Å². The fourth-order valence-corrected chi connectivity index (χ4v) is 3.08. The molecule has 1 N–H and O–H groups in total. The van der Waals surface area contributed by atoms with Gasteiger partial charge in [-0.15, -0.1) is 0 Å². The van der Waals surface area contributed by atoms with Crippen molar-refractivity contribution in [2.45, 2.75) is 0 Å². The quantitative estimate of drug-likeness (QED) is 0.211. The van der Waals surface area contributed by atoms with E-state index in [2.05, 4.69) is 5.32 Å². The Balaban J connectivity index is 1.82. The summed E-state index contributed by atoms with van der Waals surface area (Å²) in [6, 6.07) is 12.1. The van der Waals surface area contributed by atoms with Crippen molar-refractivity contribution in [3.05, 3.63) is 90.1 Å². The SMILES string of the molecule is N#CC(=Cc1ccc(-c2ccc([N+](=O)[O-])cc2Cl)o1)C(=O)Nc1ccc([N+](=O)[O-])cc1Cl. The second kappa shape index (κ2) is 9.30. The van der Waals surface area contributed by atoms with E-state index in [1.807, 2.05) is 0 Å². The van der Waals surface area contributed by atoms with Crippen molar-refractivity contribution in [2.24, 2.45) is 0 Å². The Bertz CT molecular complexity index is 1330. The summed E-state index contributed by atoms with van der Waals surface area (Å²) < 4.78 is 5.59. The molecule has 0 saturated carbocycles. The van der Waals surface area contributed by atoms with Gasteiger partial charge in [0.15, 0.2) is 0 Å². The number of halogens is 2. The molecule has 0 fully saturated rings. The minimum atomic E-state index is -0.811. The van der Waals surface area contributed by atoms with Crippen LogP contribution in [0.2, 0.25) is 10.0 Å². The Kier molecular flexibility index (Phi) is 6.53. The van der Waals surface area contributed by atoms with E-state index in [9.17, 15) is 30.3 Å². The van der Waals surface area contributed by atoms with Crippen LogP contribution in [0.5, 0.6) is 0 Å². The number of hydrogen-bond donors (Lipinski definition) is 1. The molecular weight excluding hydrogens is 463 g/mol. The number of benzene rings is 2. The Hall–Kier alpha value is -4.20. The summed E-state index contributed by atoms with van der Waals surface area (Å²) in [6.07, 6.45) is 1.18.